The van der Waals surface area contributed by atoms with Crippen molar-refractivity contribution in [3.63, 3.8) is 0 Å². The molecule has 0 aliphatic heterocycles. The lowest BCUT2D eigenvalue weighted by molar-refractivity contribution is -0.143. The van der Waals surface area contributed by atoms with Crippen LogP contribution in [0.1, 0.15) is 39.2 Å². The molecule has 6 nitrogen and oxygen atoms in total. The Morgan fingerprint density at radius 1 is 1.16 bits per heavy atom. The van der Waals surface area contributed by atoms with Crippen molar-refractivity contribution < 1.29 is 23.7 Å². The Morgan fingerprint density at radius 2 is 1.92 bits per heavy atom. The van der Waals surface area contributed by atoms with Gasteiger partial charge < -0.3 is 24.3 Å². The van der Waals surface area contributed by atoms with Crippen molar-refractivity contribution in [1.82, 2.24) is 5.32 Å². The van der Waals surface area contributed by atoms with E-state index >= 15 is 0 Å². The summed E-state index contributed by atoms with van der Waals surface area (Å²) >= 11 is 0. The molecule has 0 fully saturated rings. The fraction of sp³-hybridized carbons (Fsp3) is 0.632. The van der Waals surface area contributed by atoms with Crippen molar-refractivity contribution in [3.8, 4) is 11.5 Å². The number of nitrogens with one attached hydrogen (secondary N) is 1. The van der Waals surface area contributed by atoms with Crippen molar-refractivity contribution >= 4 is 5.97 Å². The highest BCUT2D eigenvalue weighted by atomic mass is 16.5. The molecule has 1 aromatic carbocycles. The van der Waals surface area contributed by atoms with E-state index in [4.69, 9.17) is 18.9 Å². The first-order chi connectivity index (χ1) is 12.0. The Hall–Kier alpha value is -1.79. The van der Waals surface area contributed by atoms with E-state index in [9.17, 15) is 4.79 Å². The molecule has 1 rings (SSSR count). The molecule has 1 aromatic rings. The monoisotopic (exact) mass is 353 g/mol. The number of methoxy groups -OCH3 is 2. The van der Waals surface area contributed by atoms with E-state index in [0.29, 0.717) is 31.9 Å². The summed E-state index contributed by atoms with van der Waals surface area (Å²) in [6.45, 7) is 7.66. The van der Waals surface area contributed by atoms with Crippen LogP contribution < -0.4 is 14.8 Å². The Balaban J connectivity index is 2.66. The summed E-state index contributed by atoms with van der Waals surface area (Å²) in [5.74, 6) is 1.12. The van der Waals surface area contributed by atoms with E-state index < -0.39 is 6.04 Å². The van der Waals surface area contributed by atoms with Crippen molar-refractivity contribution in [2.75, 3.05) is 27.4 Å². The first kappa shape index (κ1) is 21.3. The molecular weight excluding hydrogens is 322 g/mol. The molecule has 0 saturated carbocycles. The SMILES string of the molecule is CCCOc1ccc(CNC(CCOC(C)C)C(=O)OC)cc1OC. The van der Waals surface area contributed by atoms with Crippen LogP contribution >= 0.6 is 0 Å². The van der Waals surface area contributed by atoms with Crippen LogP contribution in [0.15, 0.2) is 18.2 Å². The minimum Gasteiger partial charge on any atom is -0.493 e. The summed E-state index contributed by atoms with van der Waals surface area (Å²) in [6, 6.07) is 5.35. The number of esters is 1. The van der Waals surface area contributed by atoms with Crippen molar-refractivity contribution in [2.45, 2.75) is 52.3 Å². The highest BCUT2D eigenvalue weighted by molar-refractivity contribution is 5.75. The normalized spacial score (nSPS) is 12.1. The van der Waals surface area contributed by atoms with E-state index in [1.165, 1.54) is 7.11 Å². The topological polar surface area (TPSA) is 66.0 Å². The first-order valence-electron chi connectivity index (χ1n) is 8.74. The molecule has 0 saturated heterocycles. The molecule has 0 aliphatic carbocycles. The lowest BCUT2D eigenvalue weighted by Gasteiger charge is -2.18. The van der Waals surface area contributed by atoms with E-state index in [-0.39, 0.29) is 12.1 Å². The standard InChI is InChI=1S/C19H31NO5/c1-6-10-25-17-8-7-15(12-18(17)22-4)13-20-16(19(21)23-5)9-11-24-14(2)3/h7-8,12,14,16,20H,6,9-11,13H2,1-5H3. The lowest BCUT2D eigenvalue weighted by Crippen LogP contribution is -2.38. The van der Waals surface area contributed by atoms with Crippen LogP contribution in [0.4, 0.5) is 0 Å². The van der Waals surface area contributed by atoms with Gasteiger partial charge in [-0.25, -0.2) is 0 Å². The minimum absolute atomic E-state index is 0.137. The van der Waals surface area contributed by atoms with Crippen LogP contribution in [0.2, 0.25) is 0 Å². The predicted molar refractivity (Wildman–Crippen MR) is 97.1 cm³/mol. The average Bonchev–Trinajstić information content (AvgIpc) is 2.62. The Kier molecular flexibility index (Phi) is 9.96. The Labute approximate surface area is 150 Å². The first-order valence-corrected chi connectivity index (χ1v) is 8.74. The van der Waals surface area contributed by atoms with Gasteiger partial charge in [-0.3, -0.25) is 4.79 Å². The van der Waals surface area contributed by atoms with Gasteiger partial charge in [0.05, 0.1) is 26.9 Å². The van der Waals surface area contributed by atoms with Gasteiger partial charge in [-0.1, -0.05) is 13.0 Å². The molecule has 1 N–H and O–H groups in total. The maximum absolute atomic E-state index is 11.9. The van der Waals surface area contributed by atoms with Crippen LogP contribution in [0.3, 0.4) is 0 Å². The van der Waals surface area contributed by atoms with Gasteiger partial charge in [0, 0.05) is 13.2 Å². The number of hydrogen-bond donors (Lipinski definition) is 1. The second-order valence-electron chi connectivity index (χ2n) is 6.00. The lowest BCUT2D eigenvalue weighted by atomic mass is 10.1. The van der Waals surface area contributed by atoms with Crippen molar-refractivity contribution in [2.24, 2.45) is 0 Å². The van der Waals surface area contributed by atoms with Gasteiger partial charge >= 0.3 is 5.97 Å². The number of ether oxygens (including phenoxy) is 4. The molecule has 0 aromatic heterocycles. The van der Waals surface area contributed by atoms with Gasteiger partial charge in [0.15, 0.2) is 11.5 Å². The third kappa shape index (κ3) is 7.75. The summed E-state index contributed by atoms with van der Waals surface area (Å²) in [6.07, 6.45) is 1.63. The fourth-order valence-electron chi connectivity index (χ4n) is 2.26. The van der Waals surface area contributed by atoms with E-state index in [1.807, 2.05) is 32.0 Å². The molecule has 142 valence electrons. The average molecular weight is 353 g/mol. The largest absolute Gasteiger partial charge is 0.493 e. The predicted octanol–water partition coefficient (Wildman–Crippen LogP) is 2.93. The van der Waals surface area contributed by atoms with E-state index in [0.717, 1.165) is 17.7 Å². The number of carbonyl (C=O) groups is 1. The summed E-state index contributed by atoms with van der Waals surface area (Å²) in [4.78, 5) is 11.9. The quantitative estimate of drug-likeness (QED) is 0.583. The Morgan fingerprint density at radius 3 is 2.52 bits per heavy atom. The summed E-state index contributed by atoms with van der Waals surface area (Å²) in [5.41, 5.74) is 0.999. The third-order valence-electron chi connectivity index (χ3n) is 3.59. The van der Waals surface area contributed by atoms with Gasteiger partial charge in [-0.2, -0.15) is 0 Å². The molecule has 0 heterocycles. The second kappa shape index (κ2) is 11.7. The summed E-state index contributed by atoms with van der Waals surface area (Å²) in [7, 11) is 3.01. The maximum atomic E-state index is 11.9. The molecule has 1 unspecified atom stereocenters. The molecule has 6 heteroatoms. The van der Waals surface area contributed by atoms with Crippen molar-refractivity contribution in [1.29, 1.82) is 0 Å². The number of benzene rings is 1. The minimum atomic E-state index is -0.411. The van der Waals surface area contributed by atoms with Crippen molar-refractivity contribution in [3.05, 3.63) is 23.8 Å². The zero-order valence-corrected chi connectivity index (χ0v) is 16.0. The zero-order valence-electron chi connectivity index (χ0n) is 16.0. The number of carbonyl (C=O) groups excluding carboxylic acids is 1. The van der Waals surface area contributed by atoms with Gasteiger partial charge in [-0.05, 0) is 44.4 Å². The summed E-state index contributed by atoms with van der Waals surface area (Å²) < 4.78 is 21.4. The number of rotatable bonds is 12. The van der Waals surface area contributed by atoms with Crippen LogP contribution in [0, 0.1) is 0 Å². The molecule has 0 amide bonds. The summed E-state index contributed by atoms with van der Waals surface area (Å²) in [5, 5.41) is 3.22. The zero-order chi connectivity index (χ0) is 18.7. The van der Waals surface area contributed by atoms with Crippen LogP contribution in [-0.2, 0) is 20.8 Å². The maximum Gasteiger partial charge on any atom is 0.322 e. The highest BCUT2D eigenvalue weighted by Gasteiger charge is 2.19. The van der Waals surface area contributed by atoms with Crippen LogP contribution in [0.5, 0.6) is 11.5 Å². The fourth-order valence-corrected chi connectivity index (χ4v) is 2.26. The molecule has 0 aliphatic rings. The third-order valence-corrected chi connectivity index (χ3v) is 3.59. The highest BCUT2D eigenvalue weighted by Crippen LogP contribution is 2.28. The Bertz CT molecular complexity index is 519. The molecule has 25 heavy (non-hydrogen) atoms. The van der Waals surface area contributed by atoms with Gasteiger partial charge in [0.1, 0.15) is 6.04 Å². The second-order valence-corrected chi connectivity index (χ2v) is 6.00. The van der Waals surface area contributed by atoms with Gasteiger partial charge in [-0.15, -0.1) is 0 Å². The molecular formula is C19H31NO5. The molecule has 1 atom stereocenters. The smallest absolute Gasteiger partial charge is 0.322 e. The van der Waals surface area contributed by atoms with Gasteiger partial charge in [0.2, 0.25) is 0 Å². The van der Waals surface area contributed by atoms with E-state index in [2.05, 4.69) is 12.2 Å². The molecule has 0 bridgehead atoms. The molecule has 0 radical (unpaired) electrons. The van der Waals surface area contributed by atoms with Crippen LogP contribution in [0.25, 0.3) is 0 Å². The number of hydrogen-bond acceptors (Lipinski definition) is 6. The van der Waals surface area contributed by atoms with Crippen LogP contribution in [-0.4, -0.2) is 45.5 Å². The van der Waals surface area contributed by atoms with Gasteiger partial charge in [0.25, 0.3) is 0 Å². The van der Waals surface area contributed by atoms with E-state index in [1.54, 1.807) is 7.11 Å². The molecule has 0 spiro atoms.